The highest BCUT2D eigenvalue weighted by molar-refractivity contribution is 6.35. The Morgan fingerprint density at radius 3 is 2.85 bits per heavy atom. The maximum atomic E-state index is 8.63. The van der Waals surface area contributed by atoms with Gasteiger partial charge in [0.1, 0.15) is 11.8 Å². The molecule has 0 unspecified atom stereocenters. The van der Waals surface area contributed by atoms with Gasteiger partial charge in [0.25, 0.3) is 0 Å². The van der Waals surface area contributed by atoms with E-state index < -0.39 is 0 Å². The SMILES string of the molecule is N#Cc1ccc2cccc(Cl)c2n1. The van der Waals surface area contributed by atoms with Crippen LogP contribution in [0.1, 0.15) is 5.69 Å². The van der Waals surface area contributed by atoms with Crippen molar-refractivity contribution in [3.8, 4) is 6.07 Å². The third-order valence-electron chi connectivity index (χ3n) is 1.79. The number of hydrogen-bond donors (Lipinski definition) is 0. The van der Waals surface area contributed by atoms with Crippen molar-refractivity contribution in [2.75, 3.05) is 0 Å². The Kier molecular flexibility index (Phi) is 1.88. The van der Waals surface area contributed by atoms with Crippen molar-refractivity contribution >= 4 is 22.5 Å². The fraction of sp³-hybridized carbons (Fsp3) is 0. The molecular formula is C10H5ClN2. The number of hydrogen-bond acceptors (Lipinski definition) is 2. The summed E-state index contributed by atoms with van der Waals surface area (Å²) in [5.41, 5.74) is 1.07. The second-order valence-corrected chi connectivity index (χ2v) is 3.03. The summed E-state index contributed by atoms with van der Waals surface area (Å²) in [4.78, 5) is 4.10. The van der Waals surface area contributed by atoms with Gasteiger partial charge in [-0.25, -0.2) is 4.98 Å². The third-order valence-corrected chi connectivity index (χ3v) is 2.09. The van der Waals surface area contributed by atoms with Crippen molar-refractivity contribution in [2.24, 2.45) is 0 Å². The Hall–Kier alpha value is -1.59. The Labute approximate surface area is 80.4 Å². The van der Waals surface area contributed by atoms with Crippen LogP contribution in [-0.4, -0.2) is 4.98 Å². The number of rotatable bonds is 0. The van der Waals surface area contributed by atoms with E-state index in [4.69, 9.17) is 16.9 Å². The maximum Gasteiger partial charge on any atom is 0.141 e. The van der Waals surface area contributed by atoms with Gasteiger partial charge in [-0.2, -0.15) is 5.26 Å². The largest absolute Gasteiger partial charge is 0.236 e. The van der Waals surface area contributed by atoms with E-state index in [0.717, 1.165) is 5.39 Å². The molecule has 0 aliphatic rings. The van der Waals surface area contributed by atoms with Crippen LogP contribution in [0.3, 0.4) is 0 Å². The first-order chi connectivity index (χ1) is 6.31. The zero-order valence-corrected chi connectivity index (χ0v) is 7.42. The monoisotopic (exact) mass is 188 g/mol. The van der Waals surface area contributed by atoms with E-state index in [2.05, 4.69) is 4.98 Å². The standard InChI is InChI=1S/C10H5ClN2/c11-9-3-1-2-7-4-5-8(6-12)13-10(7)9/h1-5H. The summed E-state index contributed by atoms with van der Waals surface area (Å²) < 4.78 is 0. The predicted octanol–water partition coefficient (Wildman–Crippen LogP) is 2.76. The van der Waals surface area contributed by atoms with Crippen molar-refractivity contribution in [2.45, 2.75) is 0 Å². The number of halogens is 1. The lowest BCUT2D eigenvalue weighted by atomic mass is 10.2. The molecule has 1 aromatic heterocycles. The average molecular weight is 189 g/mol. The van der Waals surface area contributed by atoms with Crippen LogP contribution in [-0.2, 0) is 0 Å². The summed E-state index contributed by atoms with van der Waals surface area (Å²) in [6.07, 6.45) is 0. The third kappa shape index (κ3) is 1.34. The van der Waals surface area contributed by atoms with Crippen LogP contribution >= 0.6 is 11.6 Å². The van der Waals surface area contributed by atoms with Crippen LogP contribution in [0.4, 0.5) is 0 Å². The number of nitriles is 1. The molecule has 0 bridgehead atoms. The van der Waals surface area contributed by atoms with Gasteiger partial charge in [0.2, 0.25) is 0 Å². The molecule has 1 aromatic carbocycles. The van der Waals surface area contributed by atoms with E-state index in [1.54, 1.807) is 12.1 Å². The molecule has 0 aliphatic carbocycles. The van der Waals surface area contributed by atoms with Gasteiger partial charge >= 0.3 is 0 Å². The summed E-state index contributed by atoms with van der Waals surface area (Å²) in [5.74, 6) is 0. The fourth-order valence-corrected chi connectivity index (χ4v) is 1.40. The van der Waals surface area contributed by atoms with Crippen molar-refractivity contribution in [3.05, 3.63) is 41.0 Å². The van der Waals surface area contributed by atoms with E-state index in [1.165, 1.54) is 0 Å². The Morgan fingerprint density at radius 2 is 2.08 bits per heavy atom. The molecule has 1 heterocycles. The Balaban J connectivity index is 2.84. The molecule has 0 atom stereocenters. The first kappa shape index (κ1) is 8.03. The van der Waals surface area contributed by atoms with E-state index >= 15 is 0 Å². The van der Waals surface area contributed by atoms with Crippen LogP contribution in [0.5, 0.6) is 0 Å². The Morgan fingerprint density at radius 1 is 1.23 bits per heavy atom. The highest BCUT2D eigenvalue weighted by Crippen LogP contribution is 2.20. The van der Waals surface area contributed by atoms with E-state index in [1.807, 2.05) is 24.3 Å². The van der Waals surface area contributed by atoms with E-state index in [0.29, 0.717) is 16.2 Å². The summed E-state index contributed by atoms with van der Waals surface area (Å²) >= 11 is 5.91. The normalized spacial score (nSPS) is 9.85. The second-order valence-electron chi connectivity index (χ2n) is 2.62. The predicted molar refractivity (Wildman–Crippen MR) is 51.5 cm³/mol. The highest BCUT2D eigenvalue weighted by Gasteiger charge is 2.00. The molecule has 2 rings (SSSR count). The molecule has 62 valence electrons. The molecule has 0 amide bonds. The summed E-state index contributed by atoms with van der Waals surface area (Å²) in [5, 5.41) is 10.2. The van der Waals surface area contributed by atoms with Crippen molar-refractivity contribution in [1.29, 1.82) is 5.26 Å². The molecule has 0 N–H and O–H groups in total. The molecule has 0 saturated carbocycles. The van der Waals surface area contributed by atoms with Crippen LogP contribution in [0.25, 0.3) is 10.9 Å². The second kappa shape index (κ2) is 3.04. The van der Waals surface area contributed by atoms with Crippen LogP contribution in [0, 0.1) is 11.3 Å². The molecular weight excluding hydrogens is 184 g/mol. The summed E-state index contributed by atoms with van der Waals surface area (Å²) in [7, 11) is 0. The first-order valence-electron chi connectivity index (χ1n) is 3.76. The molecule has 13 heavy (non-hydrogen) atoms. The lowest BCUT2D eigenvalue weighted by molar-refractivity contribution is 1.32. The van der Waals surface area contributed by atoms with E-state index in [-0.39, 0.29) is 0 Å². The zero-order chi connectivity index (χ0) is 9.26. The number of pyridine rings is 1. The molecule has 0 aliphatic heterocycles. The minimum Gasteiger partial charge on any atom is -0.236 e. The van der Waals surface area contributed by atoms with Crippen LogP contribution < -0.4 is 0 Å². The van der Waals surface area contributed by atoms with Gasteiger partial charge in [-0.15, -0.1) is 0 Å². The Bertz CT molecular complexity index is 500. The first-order valence-corrected chi connectivity index (χ1v) is 4.14. The van der Waals surface area contributed by atoms with Gasteiger partial charge in [0.05, 0.1) is 10.5 Å². The zero-order valence-electron chi connectivity index (χ0n) is 6.66. The molecule has 3 heteroatoms. The van der Waals surface area contributed by atoms with Gasteiger partial charge in [-0.3, -0.25) is 0 Å². The fourth-order valence-electron chi connectivity index (χ4n) is 1.17. The van der Waals surface area contributed by atoms with Crippen LogP contribution in [0.2, 0.25) is 5.02 Å². The number of aromatic nitrogens is 1. The quantitative estimate of drug-likeness (QED) is 0.638. The maximum absolute atomic E-state index is 8.63. The average Bonchev–Trinajstić information content (AvgIpc) is 2.18. The van der Waals surface area contributed by atoms with Gasteiger partial charge in [-0.1, -0.05) is 23.7 Å². The molecule has 0 saturated heterocycles. The molecule has 0 fully saturated rings. The number of benzene rings is 1. The van der Waals surface area contributed by atoms with E-state index in [9.17, 15) is 0 Å². The van der Waals surface area contributed by atoms with Crippen molar-refractivity contribution in [1.82, 2.24) is 4.98 Å². The summed E-state index contributed by atoms with van der Waals surface area (Å²) in [6.45, 7) is 0. The topological polar surface area (TPSA) is 36.7 Å². The minimum absolute atomic E-state index is 0.389. The van der Waals surface area contributed by atoms with Crippen molar-refractivity contribution in [3.63, 3.8) is 0 Å². The lowest BCUT2D eigenvalue weighted by Gasteiger charge is -1.98. The minimum atomic E-state index is 0.389. The van der Waals surface area contributed by atoms with Crippen LogP contribution in [0.15, 0.2) is 30.3 Å². The number of fused-ring (bicyclic) bond motifs is 1. The lowest BCUT2D eigenvalue weighted by Crippen LogP contribution is -1.84. The summed E-state index contributed by atoms with van der Waals surface area (Å²) in [6, 6.07) is 11.0. The molecule has 2 aromatic rings. The smallest absolute Gasteiger partial charge is 0.141 e. The van der Waals surface area contributed by atoms with Gasteiger partial charge in [0, 0.05) is 5.39 Å². The highest BCUT2D eigenvalue weighted by atomic mass is 35.5. The number of para-hydroxylation sites is 1. The van der Waals surface area contributed by atoms with Crippen molar-refractivity contribution < 1.29 is 0 Å². The number of nitrogens with zero attached hydrogens (tertiary/aromatic N) is 2. The van der Waals surface area contributed by atoms with Gasteiger partial charge in [0.15, 0.2) is 0 Å². The molecule has 0 spiro atoms. The molecule has 0 radical (unpaired) electrons. The van der Waals surface area contributed by atoms with Gasteiger partial charge in [-0.05, 0) is 18.2 Å². The van der Waals surface area contributed by atoms with Gasteiger partial charge < -0.3 is 0 Å². The molecule has 2 nitrogen and oxygen atoms in total.